The first-order valence-electron chi connectivity index (χ1n) is 11.0. The van der Waals surface area contributed by atoms with E-state index in [2.05, 4.69) is 25.5 Å². The molecule has 0 fully saturated rings. The third kappa shape index (κ3) is 4.35. The van der Waals surface area contributed by atoms with Gasteiger partial charge in [-0.3, -0.25) is 14.9 Å². The number of nitro benzene ring substituents is 1. The van der Waals surface area contributed by atoms with Gasteiger partial charge in [0.2, 0.25) is 0 Å². The number of rotatable bonds is 7. The molecular formula is C24H19ClN8O5. The van der Waals surface area contributed by atoms with Gasteiger partial charge in [-0.05, 0) is 31.2 Å². The highest BCUT2D eigenvalue weighted by Crippen LogP contribution is 2.35. The van der Waals surface area contributed by atoms with Crippen LogP contribution in [0.2, 0.25) is 5.02 Å². The van der Waals surface area contributed by atoms with Crippen LogP contribution in [0.25, 0.3) is 22.5 Å². The van der Waals surface area contributed by atoms with Crippen LogP contribution in [0.4, 0.5) is 11.5 Å². The van der Waals surface area contributed by atoms with Gasteiger partial charge < -0.3 is 14.8 Å². The van der Waals surface area contributed by atoms with Crippen molar-refractivity contribution in [3.63, 3.8) is 0 Å². The first kappa shape index (κ1) is 24.6. The molecule has 5 aromatic rings. The molecule has 0 bridgehead atoms. The van der Waals surface area contributed by atoms with Crippen LogP contribution in [-0.2, 0) is 0 Å². The number of hydrogen-bond donors (Lipinski definition) is 1. The van der Waals surface area contributed by atoms with E-state index >= 15 is 0 Å². The zero-order valence-corrected chi connectivity index (χ0v) is 21.0. The number of nitrogens with one attached hydrogen (secondary N) is 1. The fraction of sp³-hybridized carbons (Fsp3) is 0.125. The quantitative estimate of drug-likeness (QED) is 0.240. The van der Waals surface area contributed by atoms with Crippen LogP contribution in [0, 0.1) is 17.0 Å². The summed E-state index contributed by atoms with van der Waals surface area (Å²) in [6.07, 6.45) is 2.94. The Labute approximate surface area is 219 Å². The predicted molar refractivity (Wildman–Crippen MR) is 138 cm³/mol. The van der Waals surface area contributed by atoms with E-state index in [4.69, 9.17) is 21.1 Å². The molecule has 0 unspecified atom stereocenters. The Bertz CT molecular complexity index is 1700. The average Bonchev–Trinajstić information content (AvgIpc) is 3.51. The number of aryl methyl sites for hydroxylation is 1. The van der Waals surface area contributed by atoms with Crippen LogP contribution in [0.5, 0.6) is 11.5 Å². The second kappa shape index (κ2) is 9.78. The van der Waals surface area contributed by atoms with Crippen molar-refractivity contribution in [3.8, 4) is 23.0 Å². The van der Waals surface area contributed by atoms with Gasteiger partial charge >= 0.3 is 0 Å². The van der Waals surface area contributed by atoms with Crippen molar-refractivity contribution in [2.75, 3.05) is 19.5 Å². The Morgan fingerprint density at radius 2 is 1.76 bits per heavy atom. The number of benzene rings is 2. The molecule has 0 radical (unpaired) electrons. The molecule has 0 aliphatic carbocycles. The Hall–Kier alpha value is -5.04. The number of anilines is 1. The van der Waals surface area contributed by atoms with Crippen LogP contribution >= 0.6 is 11.6 Å². The third-order valence-corrected chi connectivity index (χ3v) is 5.88. The highest BCUT2D eigenvalue weighted by atomic mass is 35.5. The molecule has 3 heterocycles. The summed E-state index contributed by atoms with van der Waals surface area (Å²) >= 11 is 6.01. The monoisotopic (exact) mass is 534 g/mol. The lowest BCUT2D eigenvalue weighted by Crippen LogP contribution is -2.17. The molecule has 192 valence electrons. The van der Waals surface area contributed by atoms with E-state index in [-0.39, 0.29) is 22.9 Å². The van der Waals surface area contributed by atoms with Crippen molar-refractivity contribution in [3.05, 3.63) is 81.4 Å². The van der Waals surface area contributed by atoms with Gasteiger partial charge in [0.1, 0.15) is 17.7 Å². The summed E-state index contributed by atoms with van der Waals surface area (Å²) < 4.78 is 13.4. The summed E-state index contributed by atoms with van der Waals surface area (Å²) in [5.41, 5.74) is 1.13. The molecule has 14 heteroatoms. The van der Waals surface area contributed by atoms with E-state index in [1.165, 1.54) is 31.3 Å². The summed E-state index contributed by atoms with van der Waals surface area (Å²) in [4.78, 5) is 33.0. The number of amides is 1. The maximum absolute atomic E-state index is 13.3. The SMILES string of the molecule is COc1cc(C(=O)Nc2cc(C)nn2-c2ncnc3c2cnn3-c2ccc(Cl)cc2)c([N+](=O)[O-])cc1OC. The van der Waals surface area contributed by atoms with Crippen LogP contribution in [-0.4, -0.2) is 54.6 Å². The fourth-order valence-electron chi connectivity index (χ4n) is 3.91. The Kier molecular flexibility index (Phi) is 6.34. The molecule has 3 aromatic heterocycles. The molecule has 0 atom stereocenters. The van der Waals surface area contributed by atoms with E-state index in [1.54, 1.807) is 48.1 Å². The van der Waals surface area contributed by atoms with E-state index in [9.17, 15) is 14.9 Å². The molecule has 5 rings (SSSR count). The van der Waals surface area contributed by atoms with Crippen LogP contribution < -0.4 is 14.8 Å². The summed E-state index contributed by atoms with van der Waals surface area (Å²) in [5, 5.41) is 24.4. The number of carbonyl (C=O) groups is 1. The Morgan fingerprint density at radius 3 is 2.45 bits per heavy atom. The highest BCUT2D eigenvalue weighted by molar-refractivity contribution is 6.30. The molecule has 0 saturated heterocycles. The van der Waals surface area contributed by atoms with E-state index in [1.807, 2.05) is 0 Å². The topological polar surface area (TPSA) is 152 Å². The molecular weight excluding hydrogens is 516 g/mol. The number of methoxy groups -OCH3 is 2. The largest absolute Gasteiger partial charge is 0.493 e. The van der Waals surface area contributed by atoms with E-state index in [0.29, 0.717) is 27.6 Å². The maximum Gasteiger partial charge on any atom is 0.286 e. The number of nitro groups is 1. The van der Waals surface area contributed by atoms with Crippen molar-refractivity contribution in [1.82, 2.24) is 29.5 Å². The lowest BCUT2D eigenvalue weighted by Gasteiger charge is -2.12. The zero-order chi connectivity index (χ0) is 27.0. The van der Waals surface area contributed by atoms with Gasteiger partial charge in [-0.1, -0.05) is 11.6 Å². The van der Waals surface area contributed by atoms with Gasteiger partial charge in [-0.25, -0.2) is 14.6 Å². The number of nitrogens with zero attached hydrogens (tertiary/aromatic N) is 7. The van der Waals surface area contributed by atoms with Crippen molar-refractivity contribution in [1.29, 1.82) is 0 Å². The molecule has 2 aromatic carbocycles. The van der Waals surface area contributed by atoms with Gasteiger partial charge in [-0.2, -0.15) is 14.9 Å². The van der Waals surface area contributed by atoms with Crippen molar-refractivity contribution in [2.24, 2.45) is 0 Å². The summed E-state index contributed by atoms with van der Waals surface area (Å²) in [6.45, 7) is 1.74. The van der Waals surface area contributed by atoms with Crippen molar-refractivity contribution < 1.29 is 19.2 Å². The van der Waals surface area contributed by atoms with E-state index < -0.39 is 16.5 Å². The van der Waals surface area contributed by atoms with Gasteiger partial charge in [-0.15, -0.1) is 0 Å². The number of ether oxygens (including phenoxy) is 2. The van der Waals surface area contributed by atoms with Gasteiger partial charge in [0.05, 0.1) is 48.2 Å². The number of carbonyl (C=O) groups excluding carboxylic acids is 1. The second-order valence-corrected chi connectivity index (χ2v) is 8.42. The lowest BCUT2D eigenvalue weighted by molar-refractivity contribution is -0.385. The minimum Gasteiger partial charge on any atom is -0.493 e. The van der Waals surface area contributed by atoms with Crippen molar-refractivity contribution >= 4 is 40.0 Å². The molecule has 38 heavy (non-hydrogen) atoms. The highest BCUT2D eigenvalue weighted by Gasteiger charge is 2.26. The average molecular weight is 535 g/mol. The lowest BCUT2D eigenvalue weighted by atomic mass is 10.1. The van der Waals surface area contributed by atoms with Crippen molar-refractivity contribution in [2.45, 2.75) is 6.92 Å². The predicted octanol–water partition coefficient (Wildman–Crippen LogP) is 4.14. The minimum atomic E-state index is -0.749. The Morgan fingerprint density at radius 1 is 1.05 bits per heavy atom. The molecule has 13 nitrogen and oxygen atoms in total. The van der Waals surface area contributed by atoms with Gasteiger partial charge in [0, 0.05) is 17.2 Å². The molecule has 0 saturated carbocycles. The van der Waals surface area contributed by atoms with Crippen LogP contribution in [0.15, 0.2) is 55.0 Å². The summed E-state index contributed by atoms with van der Waals surface area (Å²) in [6, 6.07) is 11.1. The number of halogens is 1. The number of fused-ring (bicyclic) bond motifs is 1. The molecule has 1 amide bonds. The standard InChI is InChI=1S/C24H19ClN8O5/c1-13-8-21(29-24(34)16-9-19(37-2)20(38-3)10-18(16)33(35)36)32(30-13)23-17-11-28-31(22(17)26-12-27-23)15-6-4-14(25)5-7-15/h4-12H,1-3H3,(H,29,34). The van der Waals surface area contributed by atoms with Gasteiger partial charge in [0.15, 0.2) is 23.0 Å². The fourth-order valence-corrected chi connectivity index (χ4v) is 4.03. The smallest absolute Gasteiger partial charge is 0.286 e. The van der Waals surface area contributed by atoms with Gasteiger partial charge in [0.25, 0.3) is 11.6 Å². The maximum atomic E-state index is 13.3. The number of hydrogen-bond acceptors (Lipinski definition) is 9. The summed E-state index contributed by atoms with van der Waals surface area (Å²) in [7, 11) is 2.72. The molecule has 0 spiro atoms. The second-order valence-electron chi connectivity index (χ2n) is 7.99. The molecule has 0 aliphatic heterocycles. The van der Waals surface area contributed by atoms with Crippen LogP contribution in [0.1, 0.15) is 16.1 Å². The molecule has 1 N–H and O–H groups in total. The van der Waals surface area contributed by atoms with Crippen LogP contribution in [0.3, 0.4) is 0 Å². The third-order valence-electron chi connectivity index (χ3n) is 5.63. The summed E-state index contributed by atoms with van der Waals surface area (Å²) in [5.74, 6) is 0.120. The molecule has 0 aliphatic rings. The first-order valence-corrected chi connectivity index (χ1v) is 11.4. The number of aromatic nitrogens is 6. The zero-order valence-electron chi connectivity index (χ0n) is 20.2. The van der Waals surface area contributed by atoms with E-state index in [0.717, 1.165) is 11.8 Å². The first-order chi connectivity index (χ1) is 18.3. The Balaban J connectivity index is 1.56. The minimum absolute atomic E-state index is 0.123. The normalized spacial score (nSPS) is 10.9.